The van der Waals surface area contributed by atoms with Crippen LogP contribution in [0.3, 0.4) is 0 Å². The number of halogens is 1. The first-order chi connectivity index (χ1) is 8.85. The summed E-state index contributed by atoms with van der Waals surface area (Å²) in [4.78, 5) is 10.9. The molecule has 1 aliphatic heterocycles. The predicted octanol–water partition coefficient (Wildman–Crippen LogP) is 1.88. The molecule has 0 spiro atoms. The zero-order chi connectivity index (χ0) is 12.8. The maximum Gasteiger partial charge on any atom is 0.257 e. The standard InChI is InChI=1S/C13H22N4O.ClH/c1-3-17(4-2)12-13(16-10-9-15-12)18-11-5-7-14-8-6-11;/h9-11,14H,3-8H2,1-2H3;1H. The molecular formula is C13H23ClN4O. The van der Waals surface area contributed by atoms with Gasteiger partial charge < -0.3 is 15.0 Å². The number of ether oxygens (including phenoxy) is 1. The van der Waals surface area contributed by atoms with Gasteiger partial charge in [0.2, 0.25) is 0 Å². The van der Waals surface area contributed by atoms with Crippen LogP contribution >= 0.6 is 12.4 Å². The first-order valence-electron chi connectivity index (χ1n) is 6.78. The summed E-state index contributed by atoms with van der Waals surface area (Å²) in [7, 11) is 0. The SMILES string of the molecule is CCN(CC)c1nccnc1OC1CCNCC1.Cl. The van der Waals surface area contributed by atoms with Crippen LogP contribution in [0.15, 0.2) is 12.4 Å². The molecule has 1 N–H and O–H groups in total. The fraction of sp³-hybridized carbons (Fsp3) is 0.692. The normalized spacial score (nSPS) is 15.7. The number of hydrogen-bond donors (Lipinski definition) is 1. The summed E-state index contributed by atoms with van der Waals surface area (Å²) in [5.74, 6) is 1.54. The maximum atomic E-state index is 6.02. The van der Waals surface area contributed by atoms with E-state index in [1.165, 1.54) is 0 Å². The van der Waals surface area contributed by atoms with Gasteiger partial charge in [-0.05, 0) is 39.8 Å². The van der Waals surface area contributed by atoms with Gasteiger partial charge in [0.25, 0.3) is 5.88 Å². The minimum Gasteiger partial charge on any atom is -0.472 e. The van der Waals surface area contributed by atoms with Crippen molar-refractivity contribution in [3.05, 3.63) is 12.4 Å². The Morgan fingerprint density at radius 2 is 1.84 bits per heavy atom. The molecule has 19 heavy (non-hydrogen) atoms. The summed E-state index contributed by atoms with van der Waals surface area (Å²) >= 11 is 0. The first kappa shape index (κ1) is 16.0. The average molecular weight is 287 g/mol. The van der Waals surface area contributed by atoms with Crippen molar-refractivity contribution in [3.8, 4) is 5.88 Å². The average Bonchev–Trinajstić information content (AvgIpc) is 2.43. The molecule has 1 aromatic heterocycles. The first-order valence-corrected chi connectivity index (χ1v) is 6.78. The van der Waals surface area contributed by atoms with Crippen LogP contribution in [0.5, 0.6) is 5.88 Å². The number of nitrogens with zero attached hydrogens (tertiary/aromatic N) is 3. The van der Waals surface area contributed by atoms with Crippen molar-refractivity contribution in [3.63, 3.8) is 0 Å². The van der Waals surface area contributed by atoms with Gasteiger partial charge in [0.1, 0.15) is 6.10 Å². The Bertz CT molecular complexity index is 367. The summed E-state index contributed by atoms with van der Waals surface area (Å²) in [6.07, 6.45) is 5.76. The molecule has 0 aromatic carbocycles. The lowest BCUT2D eigenvalue weighted by atomic mass is 10.1. The van der Waals surface area contributed by atoms with Crippen LogP contribution in [0.4, 0.5) is 5.82 Å². The minimum atomic E-state index is 0. The van der Waals surface area contributed by atoms with E-state index < -0.39 is 0 Å². The second-order valence-electron chi connectivity index (χ2n) is 4.42. The van der Waals surface area contributed by atoms with E-state index in [0.29, 0.717) is 5.88 Å². The molecule has 5 nitrogen and oxygen atoms in total. The van der Waals surface area contributed by atoms with Gasteiger partial charge in [0, 0.05) is 25.5 Å². The highest BCUT2D eigenvalue weighted by molar-refractivity contribution is 5.85. The summed E-state index contributed by atoms with van der Waals surface area (Å²) < 4.78 is 6.02. The van der Waals surface area contributed by atoms with Crippen LogP contribution in [-0.4, -0.2) is 42.3 Å². The van der Waals surface area contributed by atoms with Gasteiger partial charge in [-0.25, -0.2) is 9.97 Å². The Morgan fingerprint density at radius 1 is 1.21 bits per heavy atom. The van der Waals surface area contributed by atoms with E-state index in [0.717, 1.165) is 44.8 Å². The monoisotopic (exact) mass is 286 g/mol. The Morgan fingerprint density at radius 3 is 2.47 bits per heavy atom. The smallest absolute Gasteiger partial charge is 0.257 e. The van der Waals surface area contributed by atoms with Crippen molar-refractivity contribution in [2.45, 2.75) is 32.8 Å². The van der Waals surface area contributed by atoms with Crippen LogP contribution in [0, 0.1) is 0 Å². The number of hydrogen-bond acceptors (Lipinski definition) is 5. The molecule has 2 rings (SSSR count). The van der Waals surface area contributed by atoms with E-state index in [2.05, 4.69) is 34.0 Å². The van der Waals surface area contributed by atoms with E-state index in [1.54, 1.807) is 12.4 Å². The number of nitrogens with one attached hydrogen (secondary N) is 1. The number of anilines is 1. The molecule has 0 saturated carbocycles. The molecule has 1 aliphatic rings. The van der Waals surface area contributed by atoms with Crippen molar-refractivity contribution in [1.82, 2.24) is 15.3 Å². The highest BCUT2D eigenvalue weighted by atomic mass is 35.5. The van der Waals surface area contributed by atoms with Gasteiger partial charge in [0.05, 0.1) is 0 Å². The molecule has 2 heterocycles. The van der Waals surface area contributed by atoms with Crippen LogP contribution in [0.25, 0.3) is 0 Å². The third-order valence-electron chi connectivity index (χ3n) is 3.27. The third-order valence-corrected chi connectivity index (χ3v) is 3.27. The second kappa shape index (κ2) is 8.17. The van der Waals surface area contributed by atoms with Crippen molar-refractivity contribution < 1.29 is 4.74 Å². The minimum absolute atomic E-state index is 0. The Labute approximate surface area is 121 Å². The van der Waals surface area contributed by atoms with Crippen LogP contribution in [0.1, 0.15) is 26.7 Å². The van der Waals surface area contributed by atoms with E-state index in [-0.39, 0.29) is 18.5 Å². The molecule has 0 aliphatic carbocycles. The molecule has 1 aromatic rings. The lowest BCUT2D eigenvalue weighted by molar-refractivity contribution is 0.156. The quantitative estimate of drug-likeness (QED) is 0.896. The van der Waals surface area contributed by atoms with Gasteiger partial charge in [-0.15, -0.1) is 12.4 Å². The van der Waals surface area contributed by atoms with E-state index in [4.69, 9.17) is 4.74 Å². The molecule has 1 fully saturated rings. The summed E-state index contributed by atoms with van der Waals surface area (Å²) in [5.41, 5.74) is 0. The second-order valence-corrected chi connectivity index (χ2v) is 4.42. The van der Waals surface area contributed by atoms with Gasteiger partial charge in [0.15, 0.2) is 5.82 Å². The zero-order valence-corrected chi connectivity index (χ0v) is 12.4. The fourth-order valence-corrected chi connectivity index (χ4v) is 2.21. The van der Waals surface area contributed by atoms with Gasteiger partial charge in [-0.3, -0.25) is 0 Å². The molecule has 6 heteroatoms. The molecule has 0 radical (unpaired) electrons. The topological polar surface area (TPSA) is 50.3 Å². The predicted molar refractivity (Wildman–Crippen MR) is 79.4 cm³/mol. The van der Waals surface area contributed by atoms with Gasteiger partial charge in [-0.2, -0.15) is 0 Å². The molecule has 0 bridgehead atoms. The summed E-state index contributed by atoms with van der Waals surface area (Å²) in [6.45, 7) is 8.10. The highest BCUT2D eigenvalue weighted by Crippen LogP contribution is 2.24. The highest BCUT2D eigenvalue weighted by Gasteiger charge is 2.19. The van der Waals surface area contributed by atoms with E-state index in [1.807, 2.05) is 0 Å². The number of aromatic nitrogens is 2. The number of rotatable bonds is 5. The Balaban J connectivity index is 0.00000180. The van der Waals surface area contributed by atoms with Crippen molar-refractivity contribution in [2.75, 3.05) is 31.1 Å². The maximum absolute atomic E-state index is 6.02. The van der Waals surface area contributed by atoms with Crippen LogP contribution in [0.2, 0.25) is 0 Å². The lowest BCUT2D eigenvalue weighted by Crippen LogP contribution is -2.35. The van der Waals surface area contributed by atoms with Crippen molar-refractivity contribution >= 4 is 18.2 Å². The molecular weight excluding hydrogens is 264 g/mol. The van der Waals surface area contributed by atoms with Gasteiger partial charge in [-0.1, -0.05) is 0 Å². The molecule has 1 saturated heterocycles. The summed E-state index contributed by atoms with van der Waals surface area (Å²) in [6, 6.07) is 0. The molecule has 0 atom stereocenters. The number of piperidine rings is 1. The van der Waals surface area contributed by atoms with Crippen molar-refractivity contribution in [1.29, 1.82) is 0 Å². The molecule has 0 unspecified atom stereocenters. The molecule has 108 valence electrons. The third kappa shape index (κ3) is 4.21. The Kier molecular flexibility index (Phi) is 6.87. The van der Waals surface area contributed by atoms with E-state index >= 15 is 0 Å². The zero-order valence-electron chi connectivity index (χ0n) is 11.6. The Hall–Kier alpha value is -1.07. The molecule has 0 amide bonds. The van der Waals surface area contributed by atoms with Crippen LogP contribution in [-0.2, 0) is 0 Å². The van der Waals surface area contributed by atoms with Gasteiger partial charge >= 0.3 is 0 Å². The van der Waals surface area contributed by atoms with Crippen molar-refractivity contribution in [2.24, 2.45) is 0 Å². The van der Waals surface area contributed by atoms with Crippen LogP contribution < -0.4 is 15.0 Å². The fourth-order valence-electron chi connectivity index (χ4n) is 2.21. The summed E-state index contributed by atoms with van der Waals surface area (Å²) in [5, 5.41) is 3.33. The largest absolute Gasteiger partial charge is 0.472 e. The van der Waals surface area contributed by atoms with E-state index in [9.17, 15) is 0 Å². The lowest BCUT2D eigenvalue weighted by Gasteiger charge is -2.26.